The number of aliphatic hydroxyl groups excluding tert-OH is 2. The average Bonchev–Trinajstić information content (AvgIpc) is 2.10. The van der Waals surface area contributed by atoms with Gasteiger partial charge in [-0.1, -0.05) is 20.8 Å². The molecule has 1 heterocycles. The molecule has 2 N–H and O–H groups in total. The van der Waals surface area contributed by atoms with Gasteiger partial charge in [-0.3, -0.25) is 0 Å². The van der Waals surface area contributed by atoms with E-state index < -0.39 is 18.3 Å². The largest absolute Gasteiger partial charge is 0.388 e. The summed E-state index contributed by atoms with van der Waals surface area (Å²) >= 11 is 0. The van der Waals surface area contributed by atoms with Gasteiger partial charge in [-0.15, -0.1) is 0 Å². The summed E-state index contributed by atoms with van der Waals surface area (Å²) in [5.74, 6) is 0. The van der Waals surface area contributed by atoms with Crippen LogP contribution < -0.4 is 0 Å². The van der Waals surface area contributed by atoms with Crippen molar-refractivity contribution in [3.8, 4) is 0 Å². The quantitative estimate of drug-likeness (QED) is 0.675. The predicted molar refractivity (Wildman–Crippen MR) is 56.6 cm³/mol. The van der Waals surface area contributed by atoms with Crippen molar-refractivity contribution in [2.24, 2.45) is 5.41 Å². The first-order valence-corrected chi connectivity index (χ1v) is 5.33. The molecule has 0 aromatic heterocycles. The van der Waals surface area contributed by atoms with Crippen molar-refractivity contribution in [1.29, 1.82) is 0 Å². The second-order valence-corrected chi connectivity index (χ2v) is 5.31. The zero-order valence-electron chi connectivity index (χ0n) is 10.1. The van der Waals surface area contributed by atoms with Crippen LogP contribution in [0.2, 0.25) is 0 Å². The molecule has 1 aliphatic heterocycles. The van der Waals surface area contributed by atoms with E-state index in [4.69, 9.17) is 9.47 Å². The lowest BCUT2D eigenvalue weighted by atomic mass is 9.80. The maximum Gasteiger partial charge on any atom is 0.114 e. The van der Waals surface area contributed by atoms with Crippen LogP contribution in [0.3, 0.4) is 0 Å². The van der Waals surface area contributed by atoms with E-state index in [0.717, 1.165) is 0 Å². The average molecular weight is 218 g/mol. The molecule has 1 fully saturated rings. The van der Waals surface area contributed by atoms with E-state index in [2.05, 4.69) is 0 Å². The van der Waals surface area contributed by atoms with Crippen molar-refractivity contribution in [1.82, 2.24) is 0 Å². The van der Waals surface area contributed by atoms with Crippen LogP contribution >= 0.6 is 0 Å². The Bertz CT molecular complexity index is 211. The van der Waals surface area contributed by atoms with Crippen molar-refractivity contribution >= 4 is 0 Å². The van der Waals surface area contributed by atoms with Crippen molar-refractivity contribution in [2.75, 3.05) is 7.11 Å². The maximum atomic E-state index is 10.0. The van der Waals surface area contributed by atoms with Gasteiger partial charge in [0, 0.05) is 7.11 Å². The van der Waals surface area contributed by atoms with E-state index in [-0.39, 0.29) is 17.6 Å². The molecule has 0 radical (unpaired) electrons. The van der Waals surface area contributed by atoms with Crippen molar-refractivity contribution in [3.63, 3.8) is 0 Å². The van der Waals surface area contributed by atoms with Crippen LogP contribution in [0, 0.1) is 5.41 Å². The van der Waals surface area contributed by atoms with Crippen LogP contribution in [0.5, 0.6) is 0 Å². The molecule has 0 amide bonds. The normalized spacial score (nSPS) is 43.0. The van der Waals surface area contributed by atoms with Gasteiger partial charge in [0.25, 0.3) is 0 Å². The molecule has 4 heteroatoms. The summed E-state index contributed by atoms with van der Waals surface area (Å²) in [6.45, 7) is 7.79. The highest BCUT2D eigenvalue weighted by molar-refractivity contribution is 4.95. The highest BCUT2D eigenvalue weighted by Crippen LogP contribution is 2.33. The third-order valence-corrected chi connectivity index (χ3v) is 2.95. The molecule has 0 saturated carbocycles. The Morgan fingerprint density at radius 1 is 1.13 bits per heavy atom. The van der Waals surface area contributed by atoms with Gasteiger partial charge in [-0.25, -0.2) is 0 Å². The SMILES string of the molecule is CO[C@@H]1[C@@H](O)[C@H](C)O[C@@H](C(C)(C)C)[C@@H]1O. The van der Waals surface area contributed by atoms with E-state index in [1.807, 2.05) is 20.8 Å². The fraction of sp³-hybridized carbons (Fsp3) is 1.00. The molecule has 5 atom stereocenters. The van der Waals surface area contributed by atoms with Gasteiger partial charge in [-0.05, 0) is 12.3 Å². The summed E-state index contributed by atoms with van der Waals surface area (Å²) in [4.78, 5) is 0. The zero-order valence-corrected chi connectivity index (χ0v) is 10.1. The first-order valence-electron chi connectivity index (χ1n) is 5.33. The standard InChI is InChI=1S/C11H22O4/c1-6-7(12)9(14-5)8(13)10(15-6)11(2,3)4/h6-10,12-13H,1-5H3/t6-,7-,8+,9+,10+/m0/s1. The Morgan fingerprint density at radius 3 is 2.07 bits per heavy atom. The molecule has 0 aliphatic carbocycles. The molecule has 0 bridgehead atoms. The highest BCUT2D eigenvalue weighted by atomic mass is 16.6. The number of hydrogen-bond donors (Lipinski definition) is 2. The van der Waals surface area contributed by atoms with Gasteiger partial charge in [-0.2, -0.15) is 0 Å². The Morgan fingerprint density at radius 2 is 1.67 bits per heavy atom. The Kier molecular flexibility index (Phi) is 3.76. The van der Waals surface area contributed by atoms with Gasteiger partial charge in [0.05, 0.1) is 12.2 Å². The predicted octanol–water partition coefficient (Wildman–Crippen LogP) is 0.557. The summed E-state index contributed by atoms with van der Waals surface area (Å²) in [6.07, 6.45) is -2.77. The second-order valence-electron chi connectivity index (χ2n) is 5.31. The summed E-state index contributed by atoms with van der Waals surface area (Å²) in [5, 5.41) is 19.8. The molecule has 0 aromatic carbocycles. The smallest absolute Gasteiger partial charge is 0.114 e. The lowest BCUT2D eigenvalue weighted by Gasteiger charge is -2.46. The van der Waals surface area contributed by atoms with E-state index in [0.29, 0.717) is 0 Å². The van der Waals surface area contributed by atoms with Gasteiger partial charge >= 0.3 is 0 Å². The van der Waals surface area contributed by atoms with Crippen molar-refractivity contribution < 1.29 is 19.7 Å². The topological polar surface area (TPSA) is 58.9 Å². The van der Waals surface area contributed by atoms with Gasteiger partial charge in [0.15, 0.2) is 0 Å². The lowest BCUT2D eigenvalue weighted by molar-refractivity contribution is -0.245. The third-order valence-electron chi connectivity index (χ3n) is 2.95. The fourth-order valence-corrected chi connectivity index (χ4v) is 2.03. The number of ether oxygens (including phenoxy) is 2. The van der Waals surface area contributed by atoms with E-state index in [1.165, 1.54) is 7.11 Å². The minimum Gasteiger partial charge on any atom is -0.388 e. The molecule has 4 nitrogen and oxygen atoms in total. The van der Waals surface area contributed by atoms with E-state index >= 15 is 0 Å². The van der Waals surface area contributed by atoms with Crippen molar-refractivity contribution in [2.45, 2.75) is 58.2 Å². The number of rotatable bonds is 1. The maximum absolute atomic E-state index is 10.0. The first kappa shape index (κ1) is 12.9. The number of aliphatic hydroxyl groups is 2. The summed E-state index contributed by atoms with van der Waals surface area (Å²) < 4.78 is 10.8. The van der Waals surface area contributed by atoms with Crippen molar-refractivity contribution in [3.05, 3.63) is 0 Å². The van der Waals surface area contributed by atoms with Crippen LogP contribution in [-0.2, 0) is 9.47 Å². The lowest BCUT2D eigenvalue weighted by Crippen LogP contribution is -2.60. The Balaban J connectivity index is 2.85. The summed E-state index contributed by atoms with van der Waals surface area (Å²) in [7, 11) is 1.49. The Hall–Kier alpha value is -0.160. The third kappa shape index (κ3) is 2.50. The monoisotopic (exact) mass is 218 g/mol. The second kappa shape index (κ2) is 4.37. The molecule has 1 aliphatic rings. The molecule has 90 valence electrons. The minimum absolute atomic E-state index is 0.176. The molecular weight excluding hydrogens is 196 g/mol. The molecule has 1 rings (SSSR count). The first-order chi connectivity index (χ1) is 6.79. The summed E-state index contributed by atoms with van der Waals surface area (Å²) in [5.41, 5.74) is -0.176. The van der Waals surface area contributed by atoms with E-state index in [9.17, 15) is 10.2 Å². The Labute approximate surface area is 91.2 Å². The molecule has 0 spiro atoms. The van der Waals surface area contributed by atoms with Crippen LogP contribution in [0.1, 0.15) is 27.7 Å². The highest BCUT2D eigenvalue weighted by Gasteiger charge is 2.47. The van der Waals surface area contributed by atoms with Crippen LogP contribution in [0.15, 0.2) is 0 Å². The van der Waals surface area contributed by atoms with Gasteiger partial charge in [0.1, 0.15) is 18.3 Å². The zero-order chi connectivity index (χ0) is 11.8. The molecule has 1 saturated heterocycles. The van der Waals surface area contributed by atoms with Gasteiger partial charge < -0.3 is 19.7 Å². The molecule has 0 unspecified atom stereocenters. The van der Waals surface area contributed by atoms with E-state index in [1.54, 1.807) is 6.92 Å². The van der Waals surface area contributed by atoms with Crippen LogP contribution in [0.4, 0.5) is 0 Å². The van der Waals surface area contributed by atoms with Crippen LogP contribution in [-0.4, -0.2) is 47.8 Å². The molecule has 15 heavy (non-hydrogen) atoms. The number of methoxy groups -OCH3 is 1. The fourth-order valence-electron chi connectivity index (χ4n) is 2.03. The summed E-state index contributed by atoms with van der Waals surface area (Å²) in [6, 6.07) is 0. The molecular formula is C11H22O4. The van der Waals surface area contributed by atoms with Gasteiger partial charge in [0.2, 0.25) is 0 Å². The molecule has 0 aromatic rings. The number of hydrogen-bond acceptors (Lipinski definition) is 4. The minimum atomic E-state index is -0.791. The van der Waals surface area contributed by atoms with Crippen LogP contribution in [0.25, 0.3) is 0 Å².